The summed E-state index contributed by atoms with van der Waals surface area (Å²) in [5.41, 5.74) is 1.40. The van der Waals surface area contributed by atoms with E-state index in [1.807, 2.05) is 12.1 Å². The monoisotopic (exact) mass is 205 g/mol. The lowest BCUT2D eigenvalue weighted by molar-refractivity contribution is 0.414. The highest BCUT2D eigenvalue weighted by Crippen LogP contribution is 2.26. The zero-order valence-corrected chi connectivity index (χ0v) is 9.49. The number of benzene rings is 1. The van der Waals surface area contributed by atoms with Crippen molar-refractivity contribution in [2.24, 2.45) is 0 Å². The van der Waals surface area contributed by atoms with Crippen LogP contribution in [0.1, 0.15) is 31.2 Å². The number of methoxy groups -OCH3 is 1. The number of nitrogens with one attached hydrogen (secondary N) is 1. The molecule has 1 aliphatic heterocycles. The van der Waals surface area contributed by atoms with Gasteiger partial charge in [-0.25, -0.2) is 0 Å². The van der Waals surface area contributed by atoms with Gasteiger partial charge >= 0.3 is 0 Å². The molecule has 0 bridgehead atoms. The van der Waals surface area contributed by atoms with Crippen LogP contribution in [-0.2, 0) is 0 Å². The zero-order chi connectivity index (χ0) is 10.7. The van der Waals surface area contributed by atoms with Crippen LogP contribution in [0.5, 0.6) is 5.75 Å². The van der Waals surface area contributed by atoms with Crippen LogP contribution >= 0.6 is 0 Å². The Labute approximate surface area is 91.6 Å². The van der Waals surface area contributed by atoms with E-state index in [9.17, 15) is 0 Å². The maximum absolute atomic E-state index is 5.16. The highest BCUT2D eigenvalue weighted by molar-refractivity contribution is 5.30. The molecule has 1 heterocycles. The van der Waals surface area contributed by atoms with Crippen molar-refractivity contribution < 1.29 is 4.74 Å². The van der Waals surface area contributed by atoms with Gasteiger partial charge in [-0.05, 0) is 43.0 Å². The Morgan fingerprint density at radius 2 is 2.07 bits per heavy atom. The fourth-order valence-electron chi connectivity index (χ4n) is 2.28. The van der Waals surface area contributed by atoms with Crippen molar-refractivity contribution in [3.05, 3.63) is 29.8 Å². The molecule has 0 radical (unpaired) electrons. The largest absolute Gasteiger partial charge is 0.497 e. The van der Waals surface area contributed by atoms with Gasteiger partial charge in [0.2, 0.25) is 0 Å². The van der Waals surface area contributed by atoms with Crippen LogP contribution in [0.15, 0.2) is 24.3 Å². The van der Waals surface area contributed by atoms with Crippen molar-refractivity contribution in [1.82, 2.24) is 5.32 Å². The van der Waals surface area contributed by atoms with Crippen LogP contribution in [0.4, 0.5) is 0 Å². The molecule has 2 heteroatoms. The summed E-state index contributed by atoms with van der Waals surface area (Å²) in [6, 6.07) is 9.08. The van der Waals surface area contributed by atoms with Gasteiger partial charge in [-0.1, -0.05) is 19.1 Å². The van der Waals surface area contributed by atoms with Crippen LogP contribution in [-0.4, -0.2) is 19.7 Å². The van der Waals surface area contributed by atoms with Crippen molar-refractivity contribution in [3.63, 3.8) is 0 Å². The van der Waals surface area contributed by atoms with E-state index in [1.165, 1.54) is 24.9 Å². The van der Waals surface area contributed by atoms with Crippen molar-refractivity contribution in [2.45, 2.75) is 31.7 Å². The Bertz CT molecular complexity index is 301. The lowest BCUT2D eigenvalue weighted by Gasteiger charge is -2.19. The minimum absolute atomic E-state index is 0.596. The normalized spacial score (nSPS) is 22.7. The molecule has 0 saturated carbocycles. The summed E-state index contributed by atoms with van der Waals surface area (Å²) < 4.78 is 5.16. The van der Waals surface area contributed by atoms with Gasteiger partial charge in [0.15, 0.2) is 0 Å². The first kappa shape index (κ1) is 10.5. The first-order valence-electron chi connectivity index (χ1n) is 5.68. The van der Waals surface area contributed by atoms with Gasteiger partial charge in [0.25, 0.3) is 0 Å². The Kier molecular flexibility index (Phi) is 3.27. The van der Waals surface area contributed by atoms with Gasteiger partial charge in [-0.3, -0.25) is 0 Å². The predicted octanol–water partition coefficient (Wildman–Crippen LogP) is 2.55. The first-order valence-corrected chi connectivity index (χ1v) is 5.68. The number of hydrogen-bond donors (Lipinski definition) is 1. The van der Waals surface area contributed by atoms with Crippen LogP contribution in [0.2, 0.25) is 0 Å². The molecule has 2 unspecified atom stereocenters. The molecule has 15 heavy (non-hydrogen) atoms. The second-order valence-corrected chi connectivity index (χ2v) is 4.26. The quantitative estimate of drug-likeness (QED) is 0.818. The molecule has 1 fully saturated rings. The maximum Gasteiger partial charge on any atom is 0.118 e. The number of hydrogen-bond acceptors (Lipinski definition) is 2. The molecule has 0 spiro atoms. The fourth-order valence-corrected chi connectivity index (χ4v) is 2.28. The highest BCUT2D eigenvalue weighted by atomic mass is 16.5. The molecule has 1 saturated heterocycles. The second-order valence-electron chi connectivity index (χ2n) is 4.26. The van der Waals surface area contributed by atoms with E-state index in [0.29, 0.717) is 12.0 Å². The van der Waals surface area contributed by atoms with Crippen molar-refractivity contribution in [1.29, 1.82) is 0 Å². The summed E-state index contributed by atoms with van der Waals surface area (Å²) in [5.74, 6) is 1.53. The molecule has 1 aromatic rings. The molecule has 2 nitrogen and oxygen atoms in total. The molecule has 0 amide bonds. The summed E-state index contributed by atoms with van der Waals surface area (Å²) in [7, 11) is 1.71. The van der Waals surface area contributed by atoms with Gasteiger partial charge in [0, 0.05) is 6.04 Å². The molecule has 1 N–H and O–H groups in total. The maximum atomic E-state index is 5.16. The Morgan fingerprint density at radius 1 is 1.33 bits per heavy atom. The molecule has 0 aliphatic carbocycles. The van der Waals surface area contributed by atoms with Crippen LogP contribution in [0, 0.1) is 0 Å². The van der Waals surface area contributed by atoms with E-state index in [2.05, 4.69) is 24.4 Å². The number of ether oxygens (including phenoxy) is 1. The Hall–Kier alpha value is -1.02. The van der Waals surface area contributed by atoms with Gasteiger partial charge in [0.1, 0.15) is 5.75 Å². The van der Waals surface area contributed by atoms with Gasteiger partial charge in [-0.15, -0.1) is 0 Å². The molecule has 82 valence electrons. The summed E-state index contributed by atoms with van der Waals surface area (Å²) in [6.45, 7) is 3.47. The third kappa shape index (κ3) is 2.32. The van der Waals surface area contributed by atoms with Crippen molar-refractivity contribution >= 4 is 0 Å². The van der Waals surface area contributed by atoms with Crippen LogP contribution in [0.25, 0.3) is 0 Å². The van der Waals surface area contributed by atoms with E-state index in [1.54, 1.807) is 7.11 Å². The summed E-state index contributed by atoms with van der Waals surface area (Å²) >= 11 is 0. The molecule has 0 aromatic heterocycles. The van der Waals surface area contributed by atoms with E-state index < -0.39 is 0 Å². The smallest absolute Gasteiger partial charge is 0.118 e. The minimum Gasteiger partial charge on any atom is -0.497 e. The first-order chi connectivity index (χ1) is 7.31. The van der Waals surface area contributed by atoms with E-state index in [4.69, 9.17) is 4.74 Å². The third-order valence-corrected chi connectivity index (χ3v) is 3.34. The SMILES string of the molecule is COc1ccc(C(C)C2CCCN2)cc1. The Morgan fingerprint density at radius 3 is 2.60 bits per heavy atom. The molecule has 1 aromatic carbocycles. The highest BCUT2D eigenvalue weighted by Gasteiger charge is 2.21. The molecule has 2 atom stereocenters. The summed E-state index contributed by atoms with van der Waals surface area (Å²) in [4.78, 5) is 0. The van der Waals surface area contributed by atoms with Gasteiger partial charge < -0.3 is 10.1 Å². The van der Waals surface area contributed by atoms with E-state index in [0.717, 1.165) is 5.75 Å². The average molecular weight is 205 g/mol. The van der Waals surface area contributed by atoms with Gasteiger partial charge in [0.05, 0.1) is 7.11 Å². The standard InChI is InChI=1S/C13H19NO/c1-10(13-4-3-9-14-13)11-5-7-12(15-2)8-6-11/h5-8,10,13-14H,3-4,9H2,1-2H3. The summed E-state index contributed by atoms with van der Waals surface area (Å²) in [6.07, 6.45) is 2.61. The average Bonchev–Trinajstić information content (AvgIpc) is 2.82. The molecule has 2 rings (SSSR count). The van der Waals surface area contributed by atoms with Gasteiger partial charge in [-0.2, -0.15) is 0 Å². The lowest BCUT2D eigenvalue weighted by atomic mass is 9.92. The number of rotatable bonds is 3. The fraction of sp³-hybridized carbons (Fsp3) is 0.538. The molecule has 1 aliphatic rings. The minimum atomic E-state index is 0.596. The topological polar surface area (TPSA) is 21.3 Å². The van der Waals surface area contributed by atoms with E-state index in [-0.39, 0.29) is 0 Å². The van der Waals surface area contributed by atoms with E-state index >= 15 is 0 Å². The van der Waals surface area contributed by atoms with Crippen molar-refractivity contribution in [3.8, 4) is 5.75 Å². The predicted molar refractivity (Wildman–Crippen MR) is 62.4 cm³/mol. The Balaban J connectivity index is 2.07. The third-order valence-electron chi connectivity index (χ3n) is 3.34. The second kappa shape index (κ2) is 4.67. The van der Waals surface area contributed by atoms with Crippen molar-refractivity contribution in [2.75, 3.05) is 13.7 Å². The van der Waals surface area contributed by atoms with Crippen LogP contribution < -0.4 is 10.1 Å². The summed E-state index contributed by atoms with van der Waals surface area (Å²) in [5, 5.41) is 3.55. The molecular formula is C13H19NO. The molecular weight excluding hydrogens is 186 g/mol. The zero-order valence-electron chi connectivity index (χ0n) is 9.49. The van der Waals surface area contributed by atoms with Crippen LogP contribution in [0.3, 0.4) is 0 Å². The lowest BCUT2D eigenvalue weighted by Crippen LogP contribution is -2.27.